The van der Waals surface area contributed by atoms with Crippen LogP contribution in [0.25, 0.3) is 0 Å². The summed E-state index contributed by atoms with van der Waals surface area (Å²) in [6.45, 7) is -0.00300. The Kier molecular flexibility index (Phi) is 6.14. The Balaban J connectivity index is 0.00000242. The fraction of sp³-hybridized carbons (Fsp3) is 0.500. The monoisotopic (exact) mass is 378 g/mol. The van der Waals surface area contributed by atoms with Crippen molar-refractivity contribution in [3.8, 4) is 0 Å². The Morgan fingerprint density at radius 3 is 2.45 bits per heavy atom. The SMILES string of the molecule is Cl.NC(CNS(=O)(=O)c1ccc(Cl)c(C(F)(F)F)c1)C1CC1. The van der Waals surface area contributed by atoms with Crippen molar-refractivity contribution in [3.05, 3.63) is 28.8 Å². The lowest BCUT2D eigenvalue weighted by atomic mass is 10.2. The van der Waals surface area contributed by atoms with Crippen LogP contribution in [0, 0.1) is 5.92 Å². The Hall–Kier alpha value is -0.540. The van der Waals surface area contributed by atoms with Gasteiger partial charge >= 0.3 is 6.18 Å². The van der Waals surface area contributed by atoms with E-state index in [1.165, 1.54) is 0 Å². The van der Waals surface area contributed by atoms with Crippen molar-refractivity contribution in [1.82, 2.24) is 4.72 Å². The van der Waals surface area contributed by atoms with E-state index in [1.807, 2.05) is 0 Å². The molecule has 1 fully saturated rings. The standard InChI is InChI=1S/C12H14ClF3N2O2S.ClH/c13-10-4-3-8(5-9(10)12(14,15)16)21(19,20)18-6-11(17)7-1-2-7;/h3-5,7,11,18H,1-2,6,17H2;1H. The minimum atomic E-state index is -4.72. The van der Waals surface area contributed by atoms with Crippen LogP contribution in [0.2, 0.25) is 5.02 Å². The fourth-order valence-electron chi connectivity index (χ4n) is 1.87. The molecule has 0 aliphatic heterocycles. The van der Waals surface area contributed by atoms with E-state index < -0.39 is 31.7 Å². The molecule has 2 rings (SSSR count). The molecule has 0 saturated heterocycles. The third kappa shape index (κ3) is 4.73. The number of rotatable bonds is 5. The maximum absolute atomic E-state index is 12.7. The lowest BCUT2D eigenvalue weighted by molar-refractivity contribution is -0.137. The van der Waals surface area contributed by atoms with Crippen molar-refractivity contribution in [2.45, 2.75) is 30.0 Å². The lowest BCUT2D eigenvalue weighted by Gasteiger charge is -2.14. The number of hydrogen-bond donors (Lipinski definition) is 2. The molecule has 1 saturated carbocycles. The predicted molar refractivity (Wildman–Crippen MR) is 79.6 cm³/mol. The van der Waals surface area contributed by atoms with Gasteiger partial charge in [-0.2, -0.15) is 13.2 Å². The van der Waals surface area contributed by atoms with Gasteiger partial charge in [-0.3, -0.25) is 0 Å². The number of nitrogens with one attached hydrogen (secondary N) is 1. The summed E-state index contributed by atoms with van der Waals surface area (Å²) in [5.41, 5.74) is 4.58. The van der Waals surface area contributed by atoms with Gasteiger partial charge in [0.25, 0.3) is 0 Å². The second kappa shape index (κ2) is 6.92. The largest absolute Gasteiger partial charge is 0.417 e. The zero-order valence-electron chi connectivity index (χ0n) is 11.2. The number of alkyl halides is 3. The van der Waals surface area contributed by atoms with Gasteiger partial charge in [0, 0.05) is 12.6 Å². The minimum Gasteiger partial charge on any atom is -0.326 e. The van der Waals surface area contributed by atoms with Crippen molar-refractivity contribution in [3.63, 3.8) is 0 Å². The Morgan fingerprint density at radius 2 is 1.95 bits per heavy atom. The van der Waals surface area contributed by atoms with E-state index in [0.717, 1.165) is 25.0 Å². The molecule has 1 unspecified atom stereocenters. The third-order valence-electron chi connectivity index (χ3n) is 3.29. The quantitative estimate of drug-likeness (QED) is 0.827. The van der Waals surface area contributed by atoms with Crippen LogP contribution < -0.4 is 10.5 Å². The van der Waals surface area contributed by atoms with Crippen LogP contribution in [-0.4, -0.2) is 21.0 Å². The van der Waals surface area contributed by atoms with Crippen LogP contribution in [0.15, 0.2) is 23.1 Å². The van der Waals surface area contributed by atoms with E-state index in [-0.39, 0.29) is 30.9 Å². The summed E-state index contributed by atoms with van der Waals surface area (Å²) >= 11 is 5.45. The normalized spacial score (nSPS) is 17.0. The molecule has 1 aromatic carbocycles. The van der Waals surface area contributed by atoms with Gasteiger partial charge in [0.15, 0.2) is 0 Å². The lowest BCUT2D eigenvalue weighted by Crippen LogP contribution is -2.38. The fourth-order valence-corrected chi connectivity index (χ4v) is 3.19. The number of halogens is 5. The predicted octanol–water partition coefficient (Wildman–Crippen LogP) is 2.80. The summed E-state index contributed by atoms with van der Waals surface area (Å²) in [4.78, 5) is -0.484. The molecular formula is C12H15Cl2F3N2O2S. The topological polar surface area (TPSA) is 72.2 Å². The minimum absolute atomic E-state index is 0. The van der Waals surface area contributed by atoms with Crippen LogP contribution in [0.4, 0.5) is 13.2 Å². The summed E-state index contributed by atoms with van der Waals surface area (Å²) in [7, 11) is -4.05. The van der Waals surface area contributed by atoms with Gasteiger partial charge in [-0.1, -0.05) is 11.6 Å². The van der Waals surface area contributed by atoms with E-state index in [2.05, 4.69) is 4.72 Å². The van der Waals surface area contributed by atoms with E-state index in [9.17, 15) is 21.6 Å². The molecule has 0 heterocycles. The van der Waals surface area contributed by atoms with Crippen molar-refractivity contribution in [2.75, 3.05) is 6.54 Å². The highest BCUT2D eigenvalue weighted by Crippen LogP contribution is 2.36. The number of benzene rings is 1. The third-order valence-corrected chi connectivity index (χ3v) is 5.04. The van der Waals surface area contributed by atoms with Crippen LogP contribution in [0.3, 0.4) is 0 Å². The molecule has 0 aromatic heterocycles. The molecule has 10 heteroatoms. The number of hydrogen-bond acceptors (Lipinski definition) is 3. The molecule has 1 aliphatic carbocycles. The summed E-state index contributed by atoms with van der Waals surface area (Å²) in [5, 5.41) is -0.545. The molecule has 1 aliphatic rings. The highest BCUT2D eigenvalue weighted by molar-refractivity contribution is 7.89. The first-order valence-electron chi connectivity index (χ1n) is 6.23. The van der Waals surface area contributed by atoms with Crippen LogP contribution in [0.1, 0.15) is 18.4 Å². The van der Waals surface area contributed by atoms with Crippen molar-refractivity contribution >= 4 is 34.0 Å². The van der Waals surface area contributed by atoms with Crippen LogP contribution in [0.5, 0.6) is 0 Å². The first kappa shape index (κ1) is 19.5. The van der Waals surface area contributed by atoms with E-state index in [1.54, 1.807) is 0 Å². The molecule has 4 nitrogen and oxygen atoms in total. The van der Waals surface area contributed by atoms with Crippen LogP contribution in [-0.2, 0) is 16.2 Å². The van der Waals surface area contributed by atoms with Crippen LogP contribution >= 0.6 is 24.0 Å². The Bertz CT molecular complexity index is 634. The van der Waals surface area contributed by atoms with Gasteiger partial charge in [-0.25, -0.2) is 13.1 Å². The van der Waals surface area contributed by atoms with E-state index in [0.29, 0.717) is 6.07 Å². The first-order chi connectivity index (χ1) is 9.61. The summed E-state index contributed by atoms with van der Waals surface area (Å²) < 4.78 is 64.4. The van der Waals surface area contributed by atoms with Crippen molar-refractivity contribution < 1.29 is 21.6 Å². The summed E-state index contributed by atoms with van der Waals surface area (Å²) in [6, 6.07) is 2.14. The Morgan fingerprint density at radius 1 is 1.36 bits per heavy atom. The zero-order chi connectivity index (χ0) is 15.8. The average Bonchev–Trinajstić information content (AvgIpc) is 3.19. The summed E-state index contributed by atoms with van der Waals surface area (Å²) in [6.07, 6.45) is -2.82. The first-order valence-corrected chi connectivity index (χ1v) is 8.09. The molecule has 0 radical (unpaired) electrons. The molecule has 1 atom stereocenters. The highest BCUT2D eigenvalue weighted by Gasteiger charge is 2.35. The van der Waals surface area contributed by atoms with Gasteiger partial charge < -0.3 is 5.73 Å². The van der Waals surface area contributed by atoms with Crippen molar-refractivity contribution in [1.29, 1.82) is 0 Å². The summed E-state index contributed by atoms with van der Waals surface area (Å²) in [5.74, 6) is 0.281. The molecule has 0 spiro atoms. The molecular weight excluding hydrogens is 364 g/mol. The number of sulfonamides is 1. The smallest absolute Gasteiger partial charge is 0.326 e. The van der Waals surface area contributed by atoms with Gasteiger partial charge in [0.1, 0.15) is 0 Å². The molecule has 0 amide bonds. The van der Waals surface area contributed by atoms with Gasteiger partial charge in [-0.15, -0.1) is 12.4 Å². The number of nitrogens with two attached hydrogens (primary N) is 1. The Labute approximate surface area is 137 Å². The average molecular weight is 379 g/mol. The molecule has 3 N–H and O–H groups in total. The molecule has 22 heavy (non-hydrogen) atoms. The molecule has 1 aromatic rings. The van der Waals surface area contributed by atoms with E-state index in [4.69, 9.17) is 17.3 Å². The second-order valence-electron chi connectivity index (χ2n) is 4.99. The van der Waals surface area contributed by atoms with Gasteiger partial charge in [0.05, 0.1) is 15.5 Å². The van der Waals surface area contributed by atoms with Crippen molar-refractivity contribution in [2.24, 2.45) is 11.7 Å². The van der Waals surface area contributed by atoms with E-state index >= 15 is 0 Å². The molecule has 0 bridgehead atoms. The highest BCUT2D eigenvalue weighted by atomic mass is 35.5. The second-order valence-corrected chi connectivity index (χ2v) is 7.17. The maximum atomic E-state index is 12.7. The molecule has 126 valence electrons. The van der Waals surface area contributed by atoms with Gasteiger partial charge in [-0.05, 0) is 37.0 Å². The maximum Gasteiger partial charge on any atom is 0.417 e. The van der Waals surface area contributed by atoms with Gasteiger partial charge in [0.2, 0.25) is 10.0 Å². The zero-order valence-corrected chi connectivity index (χ0v) is 13.6.